The second kappa shape index (κ2) is 11.4. The quantitative estimate of drug-likeness (QED) is 0.243. The number of carbonyl (C=O) groups is 3. The third-order valence-electron chi connectivity index (χ3n) is 5.82. The highest BCUT2D eigenvalue weighted by molar-refractivity contribution is 9.10. The van der Waals surface area contributed by atoms with Crippen molar-refractivity contribution in [3.8, 4) is 11.5 Å². The van der Waals surface area contributed by atoms with Crippen LogP contribution in [0.4, 0.5) is 10.5 Å². The van der Waals surface area contributed by atoms with Gasteiger partial charge in [0.15, 0.2) is 11.5 Å². The Bertz CT molecular complexity index is 1460. The topological polar surface area (TPSA) is 84.9 Å². The van der Waals surface area contributed by atoms with Gasteiger partial charge in [0.2, 0.25) is 0 Å². The van der Waals surface area contributed by atoms with Gasteiger partial charge in [-0.25, -0.2) is 9.69 Å². The molecule has 9 heteroatoms. The van der Waals surface area contributed by atoms with Crippen LogP contribution in [0, 0.1) is 20.8 Å². The van der Waals surface area contributed by atoms with Crippen LogP contribution < -0.4 is 19.7 Å². The van der Waals surface area contributed by atoms with E-state index in [0.717, 1.165) is 21.6 Å². The molecule has 4 rings (SSSR count). The van der Waals surface area contributed by atoms with E-state index in [2.05, 4.69) is 39.4 Å². The third-order valence-corrected chi connectivity index (χ3v) is 6.65. The number of urea groups is 1. The number of ether oxygens (including phenoxy) is 2. The van der Waals surface area contributed by atoms with Crippen molar-refractivity contribution < 1.29 is 23.9 Å². The largest absolute Gasteiger partial charge is 0.490 e. The van der Waals surface area contributed by atoms with Crippen molar-refractivity contribution in [3.63, 3.8) is 0 Å². The Morgan fingerprint density at radius 2 is 1.68 bits per heavy atom. The van der Waals surface area contributed by atoms with Crippen LogP contribution in [0.15, 0.2) is 58.6 Å². The number of hydrogen-bond donors (Lipinski definition) is 1. The van der Waals surface area contributed by atoms with E-state index in [-0.39, 0.29) is 5.57 Å². The Morgan fingerprint density at radius 1 is 0.974 bits per heavy atom. The van der Waals surface area contributed by atoms with E-state index >= 15 is 0 Å². The van der Waals surface area contributed by atoms with Crippen LogP contribution in [0.25, 0.3) is 6.08 Å². The first-order chi connectivity index (χ1) is 18.1. The van der Waals surface area contributed by atoms with E-state index in [1.54, 1.807) is 31.2 Å². The fraction of sp³-hybridized carbons (Fsp3) is 0.207. The number of halogens is 2. The van der Waals surface area contributed by atoms with Crippen molar-refractivity contribution >= 4 is 57.1 Å². The number of anilines is 1. The van der Waals surface area contributed by atoms with E-state index < -0.39 is 17.8 Å². The van der Waals surface area contributed by atoms with Crippen LogP contribution in [0.1, 0.15) is 34.7 Å². The molecule has 1 aliphatic heterocycles. The first kappa shape index (κ1) is 27.4. The molecule has 0 radical (unpaired) electrons. The number of nitrogens with zero attached hydrogens (tertiary/aromatic N) is 1. The molecule has 0 bridgehead atoms. The van der Waals surface area contributed by atoms with E-state index in [0.29, 0.717) is 51.0 Å². The second-order valence-corrected chi connectivity index (χ2v) is 10.2. The summed E-state index contributed by atoms with van der Waals surface area (Å²) < 4.78 is 12.5. The summed E-state index contributed by atoms with van der Waals surface area (Å²) in [5.74, 6) is -0.604. The first-order valence-electron chi connectivity index (χ1n) is 11.9. The molecule has 1 saturated heterocycles. The normalized spacial score (nSPS) is 14.6. The molecular weight excluding hydrogens is 572 g/mol. The second-order valence-electron chi connectivity index (χ2n) is 8.94. The van der Waals surface area contributed by atoms with Crippen LogP contribution in [0.2, 0.25) is 5.02 Å². The van der Waals surface area contributed by atoms with Crippen LogP contribution in [0.3, 0.4) is 0 Å². The van der Waals surface area contributed by atoms with Gasteiger partial charge in [0.05, 0.1) is 16.8 Å². The molecule has 1 fully saturated rings. The molecule has 0 atom stereocenters. The lowest BCUT2D eigenvalue weighted by atomic mass is 10.1. The van der Waals surface area contributed by atoms with Crippen molar-refractivity contribution in [2.24, 2.45) is 0 Å². The SMILES string of the molecule is CCOc1cc(/C=C2\C(=O)NC(=O)N(c3cc(Cl)ccc3C)C2=O)cc(Br)c1OCc1cc(C)cc(C)c1. The molecule has 0 saturated carbocycles. The lowest BCUT2D eigenvalue weighted by Crippen LogP contribution is -2.54. The molecule has 4 amide bonds. The van der Waals surface area contributed by atoms with Crippen molar-refractivity contribution in [3.05, 3.63) is 91.4 Å². The van der Waals surface area contributed by atoms with Gasteiger partial charge in [-0.05, 0) is 90.7 Å². The summed E-state index contributed by atoms with van der Waals surface area (Å²) in [5, 5.41) is 2.59. The molecule has 38 heavy (non-hydrogen) atoms. The number of carbonyl (C=O) groups excluding carboxylic acids is 3. The van der Waals surface area contributed by atoms with Gasteiger partial charge < -0.3 is 9.47 Å². The molecule has 1 N–H and O–H groups in total. The average molecular weight is 598 g/mol. The Kier molecular flexibility index (Phi) is 8.23. The number of barbiturate groups is 1. The van der Waals surface area contributed by atoms with Gasteiger partial charge in [0.1, 0.15) is 12.2 Å². The van der Waals surface area contributed by atoms with Crippen LogP contribution in [-0.2, 0) is 16.2 Å². The van der Waals surface area contributed by atoms with E-state index in [9.17, 15) is 14.4 Å². The van der Waals surface area contributed by atoms with Crippen molar-refractivity contribution in [1.82, 2.24) is 5.32 Å². The van der Waals surface area contributed by atoms with Gasteiger partial charge in [-0.3, -0.25) is 14.9 Å². The molecular formula is C29H26BrClN2O5. The zero-order valence-electron chi connectivity index (χ0n) is 21.4. The van der Waals surface area contributed by atoms with Gasteiger partial charge in [-0.15, -0.1) is 0 Å². The predicted molar refractivity (Wildman–Crippen MR) is 151 cm³/mol. The Balaban J connectivity index is 1.68. The predicted octanol–water partition coefficient (Wildman–Crippen LogP) is 6.67. The molecule has 0 spiro atoms. The van der Waals surface area contributed by atoms with Crippen LogP contribution in [-0.4, -0.2) is 24.5 Å². The molecule has 0 unspecified atom stereocenters. The summed E-state index contributed by atoms with van der Waals surface area (Å²) in [7, 11) is 0. The fourth-order valence-electron chi connectivity index (χ4n) is 4.25. The number of rotatable bonds is 7. The van der Waals surface area contributed by atoms with Gasteiger partial charge in [-0.1, -0.05) is 47.0 Å². The number of aryl methyl sites for hydroxylation is 3. The zero-order valence-corrected chi connectivity index (χ0v) is 23.7. The highest BCUT2D eigenvalue weighted by Gasteiger charge is 2.37. The molecule has 1 aliphatic rings. The average Bonchev–Trinajstić information content (AvgIpc) is 2.83. The standard InChI is InChI=1S/C29H26BrClN2O5/c1-5-37-25-13-19(12-23(30)26(25)38-15-20-9-16(2)8-17(3)10-20)11-22-27(34)32-29(36)33(28(22)35)24-14-21(31)7-6-18(24)4/h6-14H,5,15H2,1-4H3,(H,32,34,36)/b22-11+. The van der Waals surface area contributed by atoms with Crippen LogP contribution >= 0.6 is 27.5 Å². The van der Waals surface area contributed by atoms with E-state index in [1.807, 2.05) is 20.8 Å². The van der Waals surface area contributed by atoms with Gasteiger partial charge in [0, 0.05) is 5.02 Å². The maximum atomic E-state index is 13.4. The van der Waals surface area contributed by atoms with Crippen molar-refractivity contribution in [1.29, 1.82) is 0 Å². The maximum Gasteiger partial charge on any atom is 0.335 e. The number of imide groups is 2. The summed E-state index contributed by atoms with van der Waals surface area (Å²) in [6.07, 6.45) is 1.41. The minimum atomic E-state index is -0.839. The molecule has 0 aliphatic carbocycles. The van der Waals surface area contributed by atoms with Crippen molar-refractivity contribution in [2.75, 3.05) is 11.5 Å². The maximum absolute atomic E-state index is 13.4. The Hall–Kier alpha value is -3.62. The molecule has 3 aromatic rings. The minimum Gasteiger partial charge on any atom is -0.490 e. The number of benzene rings is 3. The van der Waals surface area contributed by atoms with Crippen LogP contribution in [0.5, 0.6) is 11.5 Å². The van der Waals surface area contributed by atoms with E-state index in [4.69, 9.17) is 21.1 Å². The highest BCUT2D eigenvalue weighted by Crippen LogP contribution is 2.38. The lowest BCUT2D eigenvalue weighted by Gasteiger charge is -2.27. The first-order valence-corrected chi connectivity index (χ1v) is 13.1. The van der Waals surface area contributed by atoms with Gasteiger partial charge in [0.25, 0.3) is 11.8 Å². The highest BCUT2D eigenvalue weighted by atomic mass is 79.9. The van der Waals surface area contributed by atoms with Gasteiger partial charge >= 0.3 is 6.03 Å². The molecule has 196 valence electrons. The summed E-state index contributed by atoms with van der Waals surface area (Å²) in [6.45, 7) is 8.37. The van der Waals surface area contributed by atoms with Gasteiger partial charge in [-0.2, -0.15) is 0 Å². The zero-order chi connectivity index (χ0) is 27.6. The monoisotopic (exact) mass is 596 g/mol. The van der Waals surface area contributed by atoms with Crippen molar-refractivity contribution in [2.45, 2.75) is 34.3 Å². The summed E-state index contributed by atoms with van der Waals surface area (Å²) in [6, 6.07) is 13.6. The van der Waals surface area contributed by atoms with E-state index in [1.165, 1.54) is 12.1 Å². The minimum absolute atomic E-state index is 0.206. The third kappa shape index (κ3) is 5.92. The summed E-state index contributed by atoms with van der Waals surface area (Å²) >= 11 is 9.65. The lowest BCUT2D eigenvalue weighted by molar-refractivity contribution is -0.122. The summed E-state index contributed by atoms with van der Waals surface area (Å²) in [4.78, 5) is 39.6. The number of amides is 4. The Labute approximate surface area is 234 Å². The summed E-state index contributed by atoms with van der Waals surface area (Å²) in [5.41, 5.74) is 4.56. The Morgan fingerprint density at radius 3 is 2.37 bits per heavy atom. The molecule has 7 nitrogen and oxygen atoms in total. The fourth-order valence-corrected chi connectivity index (χ4v) is 4.99. The molecule has 3 aromatic carbocycles. The number of nitrogens with one attached hydrogen (secondary N) is 1. The molecule has 0 aromatic heterocycles. The smallest absolute Gasteiger partial charge is 0.335 e. The molecule has 1 heterocycles. The number of hydrogen-bond acceptors (Lipinski definition) is 5.